The van der Waals surface area contributed by atoms with Crippen molar-refractivity contribution in [2.75, 3.05) is 19.8 Å². The van der Waals surface area contributed by atoms with E-state index in [0.29, 0.717) is 17.3 Å². The zero-order valence-corrected chi connectivity index (χ0v) is 14.8. The van der Waals surface area contributed by atoms with Crippen LogP contribution in [0.3, 0.4) is 0 Å². The maximum atomic E-state index is 5.94. The summed E-state index contributed by atoms with van der Waals surface area (Å²) in [5, 5.41) is 0. The first-order valence-electron chi connectivity index (χ1n) is 7.77. The second-order valence-corrected chi connectivity index (χ2v) is 9.80. The molecule has 2 rings (SSSR count). The van der Waals surface area contributed by atoms with E-state index in [2.05, 4.69) is 69.1 Å². The number of hydrogen-bond donors (Lipinski definition) is 0. The number of benzene rings is 1. The molecule has 0 unspecified atom stereocenters. The van der Waals surface area contributed by atoms with Crippen molar-refractivity contribution in [2.45, 2.75) is 39.8 Å². The van der Waals surface area contributed by atoms with Gasteiger partial charge in [0.2, 0.25) is 0 Å². The van der Waals surface area contributed by atoms with E-state index in [4.69, 9.17) is 4.43 Å². The molecule has 0 bridgehead atoms. The standard InChI is InChI=1S/C17H29NOSi/c1-17(2,3)16-12-18(13-19-20(4)5)11-15(16)14-9-7-6-8-10-14/h6-10,15-16,20H,11-13H2,1-5H3/t15-,16-/m1/s1. The van der Waals surface area contributed by atoms with Gasteiger partial charge < -0.3 is 4.43 Å². The lowest BCUT2D eigenvalue weighted by molar-refractivity contribution is 0.136. The monoisotopic (exact) mass is 291 g/mol. The van der Waals surface area contributed by atoms with Crippen molar-refractivity contribution in [3.05, 3.63) is 35.9 Å². The number of nitrogens with zero attached hydrogens (tertiary/aromatic N) is 1. The van der Waals surface area contributed by atoms with Crippen molar-refractivity contribution >= 4 is 9.04 Å². The summed E-state index contributed by atoms with van der Waals surface area (Å²) in [6, 6.07) is 11.0. The lowest BCUT2D eigenvalue weighted by atomic mass is 9.73. The van der Waals surface area contributed by atoms with Crippen LogP contribution in [0.5, 0.6) is 0 Å². The number of hydrogen-bond acceptors (Lipinski definition) is 2. The molecule has 0 spiro atoms. The molecule has 0 aromatic heterocycles. The van der Waals surface area contributed by atoms with Crippen molar-refractivity contribution in [1.29, 1.82) is 0 Å². The smallest absolute Gasteiger partial charge is 0.172 e. The SMILES string of the molecule is C[SiH](C)OCN1C[C@H](c2ccccc2)[C@H](C(C)(C)C)C1. The van der Waals surface area contributed by atoms with E-state index in [1.54, 1.807) is 0 Å². The highest BCUT2D eigenvalue weighted by molar-refractivity contribution is 6.48. The average Bonchev–Trinajstić information content (AvgIpc) is 2.81. The van der Waals surface area contributed by atoms with E-state index >= 15 is 0 Å². The maximum Gasteiger partial charge on any atom is 0.172 e. The van der Waals surface area contributed by atoms with Crippen LogP contribution in [0.25, 0.3) is 0 Å². The fraction of sp³-hybridized carbons (Fsp3) is 0.647. The first-order chi connectivity index (χ1) is 9.38. The molecule has 1 fully saturated rings. The van der Waals surface area contributed by atoms with Gasteiger partial charge in [-0.2, -0.15) is 0 Å². The zero-order valence-electron chi connectivity index (χ0n) is 13.6. The van der Waals surface area contributed by atoms with Crippen LogP contribution in [-0.2, 0) is 4.43 Å². The van der Waals surface area contributed by atoms with Gasteiger partial charge in [-0.25, -0.2) is 0 Å². The molecule has 1 aromatic carbocycles. The molecule has 3 heteroatoms. The first-order valence-corrected chi connectivity index (χ1v) is 10.5. The lowest BCUT2D eigenvalue weighted by Crippen LogP contribution is -2.29. The van der Waals surface area contributed by atoms with Crippen molar-refractivity contribution in [2.24, 2.45) is 11.3 Å². The van der Waals surface area contributed by atoms with Gasteiger partial charge in [0.15, 0.2) is 9.04 Å². The molecule has 0 saturated carbocycles. The fourth-order valence-corrected chi connectivity index (χ4v) is 3.67. The van der Waals surface area contributed by atoms with Gasteiger partial charge in [-0.1, -0.05) is 51.1 Å². The Morgan fingerprint density at radius 1 is 1.15 bits per heavy atom. The Hall–Kier alpha value is -0.643. The molecule has 2 atom stereocenters. The molecule has 0 N–H and O–H groups in total. The van der Waals surface area contributed by atoms with Crippen molar-refractivity contribution in [1.82, 2.24) is 4.90 Å². The summed E-state index contributed by atoms with van der Waals surface area (Å²) in [6.45, 7) is 14.7. The maximum absolute atomic E-state index is 5.94. The molecular weight excluding hydrogens is 262 g/mol. The molecule has 112 valence electrons. The predicted octanol–water partition coefficient (Wildman–Crippen LogP) is 3.71. The summed E-state index contributed by atoms with van der Waals surface area (Å²) in [4.78, 5) is 2.50. The Morgan fingerprint density at radius 3 is 2.35 bits per heavy atom. The minimum absolute atomic E-state index is 0.338. The molecule has 2 nitrogen and oxygen atoms in total. The number of rotatable bonds is 4. The largest absolute Gasteiger partial charge is 0.408 e. The van der Waals surface area contributed by atoms with Gasteiger partial charge in [0.05, 0.1) is 6.73 Å². The third-order valence-corrected chi connectivity index (χ3v) is 5.14. The third kappa shape index (κ3) is 3.93. The third-order valence-electron chi connectivity index (χ3n) is 4.33. The normalized spacial score (nSPS) is 24.5. The van der Waals surface area contributed by atoms with Crippen LogP contribution in [0.15, 0.2) is 30.3 Å². The minimum Gasteiger partial charge on any atom is -0.408 e. The van der Waals surface area contributed by atoms with Crippen LogP contribution in [0, 0.1) is 11.3 Å². The van der Waals surface area contributed by atoms with Crippen LogP contribution in [-0.4, -0.2) is 33.8 Å². The minimum atomic E-state index is -0.925. The topological polar surface area (TPSA) is 12.5 Å². The van der Waals surface area contributed by atoms with Gasteiger partial charge in [0.1, 0.15) is 0 Å². The summed E-state index contributed by atoms with van der Waals surface area (Å²) in [6.07, 6.45) is 0. The molecule has 0 radical (unpaired) electrons. The molecule has 1 saturated heterocycles. The summed E-state index contributed by atoms with van der Waals surface area (Å²) < 4.78 is 5.94. The number of likely N-dealkylation sites (tertiary alicyclic amines) is 1. The summed E-state index contributed by atoms with van der Waals surface area (Å²) in [5.74, 6) is 1.33. The van der Waals surface area contributed by atoms with Crippen molar-refractivity contribution in [3.8, 4) is 0 Å². The first kappa shape index (κ1) is 15.7. The van der Waals surface area contributed by atoms with E-state index in [9.17, 15) is 0 Å². The van der Waals surface area contributed by atoms with Crippen LogP contribution in [0.1, 0.15) is 32.3 Å². The highest BCUT2D eigenvalue weighted by Crippen LogP contribution is 2.42. The average molecular weight is 292 g/mol. The van der Waals surface area contributed by atoms with Crippen LogP contribution < -0.4 is 0 Å². The van der Waals surface area contributed by atoms with Gasteiger partial charge >= 0.3 is 0 Å². The lowest BCUT2D eigenvalue weighted by Gasteiger charge is -2.32. The van der Waals surface area contributed by atoms with Gasteiger partial charge in [0, 0.05) is 19.0 Å². The quantitative estimate of drug-likeness (QED) is 0.784. The van der Waals surface area contributed by atoms with E-state index < -0.39 is 9.04 Å². The second kappa shape index (κ2) is 6.42. The van der Waals surface area contributed by atoms with Gasteiger partial charge in [0.25, 0.3) is 0 Å². The Bertz CT molecular complexity index is 413. The van der Waals surface area contributed by atoms with Crippen LogP contribution in [0.2, 0.25) is 13.1 Å². The Morgan fingerprint density at radius 2 is 1.80 bits per heavy atom. The van der Waals surface area contributed by atoms with Gasteiger partial charge in [-0.15, -0.1) is 0 Å². The van der Waals surface area contributed by atoms with Crippen LogP contribution >= 0.6 is 0 Å². The van der Waals surface area contributed by atoms with Crippen molar-refractivity contribution in [3.63, 3.8) is 0 Å². The molecule has 0 amide bonds. The second-order valence-electron chi connectivity index (χ2n) is 7.37. The molecule has 1 heterocycles. The molecule has 1 aliphatic heterocycles. The zero-order chi connectivity index (χ0) is 14.8. The molecule has 20 heavy (non-hydrogen) atoms. The van der Waals surface area contributed by atoms with Crippen LogP contribution in [0.4, 0.5) is 0 Å². The molecular formula is C17H29NOSi. The summed E-state index contributed by atoms with van der Waals surface area (Å²) in [7, 11) is -0.925. The van der Waals surface area contributed by atoms with E-state index in [1.165, 1.54) is 5.56 Å². The molecule has 1 aromatic rings. The van der Waals surface area contributed by atoms with Gasteiger partial charge in [-0.3, -0.25) is 4.90 Å². The Balaban J connectivity index is 2.12. The van der Waals surface area contributed by atoms with E-state index in [0.717, 1.165) is 19.8 Å². The Kier molecular flexibility index (Phi) is 5.05. The molecule has 1 aliphatic rings. The summed E-state index contributed by atoms with van der Waals surface area (Å²) in [5.41, 5.74) is 1.82. The van der Waals surface area contributed by atoms with E-state index in [1.807, 2.05) is 0 Å². The van der Waals surface area contributed by atoms with Gasteiger partial charge in [-0.05, 0) is 30.0 Å². The predicted molar refractivity (Wildman–Crippen MR) is 88.5 cm³/mol. The molecule has 0 aliphatic carbocycles. The highest BCUT2D eigenvalue weighted by atomic mass is 28.3. The fourth-order valence-electron chi connectivity index (χ4n) is 3.16. The highest BCUT2D eigenvalue weighted by Gasteiger charge is 2.40. The Labute approximate surface area is 125 Å². The van der Waals surface area contributed by atoms with E-state index in [-0.39, 0.29) is 0 Å². The van der Waals surface area contributed by atoms with Crippen molar-refractivity contribution < 1.29 is 4.43 Å². The summed E-state index contributed by atoms with van der Waals surface area (Å²) >= 11 is 0.